The maximum Gasteiger partial charge on any atom is 0.141 e. The highest BCUT2D eigenvalue weighted by Gasteiger charge is 2.06. The number of ether oxygens (including phenoxy) is 1. The topological polar surface area (TPSA) is 45.9 Å². The average Bonchev–Trinajstić information content (AvgIpc) is 2.62. The van der Waals surface area contributed by atoms with Gasteiger partial charge in [0.25, 0.3) is 0 Å². The molecule has 2 aromatic carbocycles. The van der Waals surface area contributed by atoms with Crippen LogP contribution >= 0.6 is 0 Å². The minimum absolute atomic E-state index is 0.421. The van der Waals surface area contributed by atoms with E-state index in [1.165, 1.54) is 11.1 Å². The van der Waals surface area contributed by atoms with Crippen molar-refractivity contribution >= 4 is 0 Å². The highest BCUT2D eigenvalue weighted by atomic mass is 16.5. The molecule has 0 atom stereocenters. The van der Waals surface area contributed by atoms with Crippen molar-refractivity contribution in [3.05, 3.63) is 83.0 Å². The Morgan fingerprint density at radius 2 is 1.79 bits per heavy atom. The van der Waals surface area contributed by atoms with Gasteiger partial charge in [-0.05, 0) is 60.9 Å². The molecule has 0 N–H and O–H groups in total. The molecule has 3 rings (SSSR count). The van der Waals surface area contributed by atoms with Gasteiger partial charge in [-0.2, -0.15) is 5.26 Å². The number of benzene rings is 2. The fraction of sp³-hybridized carbons (Fsp3) is 0.143. The summed E-state index contributed by atoms with van der Waals surface area (Å²) >= 11 is 0. The highest BCUT2D eigenvalue weighted by Crippen LogP contribution is 2.26. The Labute approximate surface area is 142 Å². The van der Waals surface area contributed by atoms with E-state index < -0.39 is 0 Å². The maximum absolute atomic E-state index is 8.98. The van der Waals surface area contributed by atoms with Crippen LogP contribution in [0.25, 0.3) is 11.3 Å². The lowest BCUT2D eigenvalue weighted by Crippen LogP contribution is -1.99. The third-order valence-corrected chi connectivity index (χ3v) is 3.98. The van der Waals surface area contributed by atoms with Crippen molar-refractivity contribution in [1.82, 2.24) is 4.98 Å². The van der Waals surface area contributed by atoms with Crippen molar-refractivity contribution in [1.29, 1.82) is 5.26 Å². The molecule has 0 aliphatic carbocycles. The largest absolute Gasteiger partial charge is 0.489 e. The second kappa shape index (κ2) is 6.97. The fourth-order valence-corrected chi connectivity index (χ4v) is 2.56. The summed E-state index contributed by atoms with van der Waals surface area (Å²) in [6.45, 7) is 4.66. The van der Waals surface area contributed by atoms with Crippen LogP contribution < -0.4 is 4.74 Å². The number of nitriles is 1. The zero-order valence-electron chi connectivity index (χ0n) is 13.8. The quantitative estimate of drug-likeness (QED) is 0.694. The molecule has 0 spiro atoms. The molecule has 0 amide bonds. The van der Waals surface area contributed by atoms with Crippen LogP contribution in [0.4, 0.5) is 0 Å². The number of aromatic nitrogens is 1. The van der Waals surface area contributed by atoms with Crippen molar-refractivity contribution < 1.29 is 4.74 Å². The van der Waals surface area contributed by atoms with Gasteiger partial charge in [-0.15, -0.1) is 0 Å². The van der Waals surface area contributed by atoms with E-state index in [0.29, 0.717) is 12.3 Å². The molecule has 0 radical (unpaired) electrons. The maximum atomic E-state index is 8.98. The van der Waals surface area contributed by atoms with Gasteiger partial charge >= 0.3 is 0 Å². The van der Waals surface area contributed by atoms with Crippen LogP contribution in [0.3, 0.4) is 0 Å². The molecule has 3 aromatic rings. The molecule has 0 aliphatic rings. The Hall–Kier alpha value is -3.12. The molecule has 3 heteroatoms. The van der Waals surface area contributed by atoms with Gasteiger partial charge in [0.05, 0.1) is 5.69 Å². The van der Waals surface area contributed by atoms with E-state index in [-0.39, 0.29) is 0 Å². The Morgan fingerprint density at radius 3 is 2.54 bits per heavy atom. The number of rotatable bonds is 4. The van der Waals surface area contributed by atoms with Crippen molar-refractivity contribution in [3.63, 3.8) is 0 Å². The normalized spacial score (nSPS) is 10.2. The monoisotopic (exact) mass is 314 g/mol. The standard InChI is InChI=1S/C21H18N2O/c1-15-6-3-4-7-18(15)14-24-21-11-10-17(12-16(21)2)20-9-5-8-19(13-22)23-20/h3-12H,14H2,1-2H3. The number of hydrogen-bond donors (Lipinski definition) is 0. The highest BCUT2D eigenvalue weighted by molar-refractivity contribution is 5.62. The van der Waals surface area contributed by atoms with E-state index in [9.17, 15) is 0 Å². The molecule has 1 heterocycles. The second-order valence-electron chi connectivity index (χ2n) is 5.72. The molecule has 3 nitrogen and oxygen atoms in total. The fourth-order valence-electron chi connectivity index (χ4n) is 2.56. The van der Waals surface area contributed by atoms with Crippen molar-refractivity contribution in [2.45, 2.75) is 20.5 Å². The van der Waals surface area contributed by atoms with Gasteiger partial charge in [-0.1, -0.05) is 30.3 Å². The predicted octanol–water partition coefficient (Wildman–Crippen LogP) is 4.82. The zero-order chi connectivity index (χ0) is 16.9. The summed E-state index contributed by atoms with van der Waals surface area (Å²) in [5.41, 5.74) is 5.65. The Balaban J connectivity index is 1.80. The lowest BCUT2D eigenvalue weighted by atomic mass is 10.1. The van der Waals surface area contributed by atoms with Gasteiger partial charge in [0.1, 0.15) is 24.1 Å². The molecule has 0 aliphatic heterocycles. The summed E-state index contributed by atoms with van der Waals surface area (Å²) in [6, 6.07) is 21.7. The number of aryl methyl sites for hydroxylation is 2. The van der Waals surface area contributed by atoms with Crippen LogP contribution in [0, 0.1) is 25.2 Å². The predicted molar refractivity (Wildman–Crippen MR) is 94.6 cm³/mol. The van der Waals surface area contributed by atoms with Gasteiger partial charge in [0.2, 0.25) is 0 Å². The molecule has 0 saturated carbocycles. The first-order chi connectivity index (χ1) is 11.7. The summed E-state index contributed by atoms with van der Waals surface area (Å²) in [5.74, 6) is 0.860. The smallest absolute Gasteiger partial charge is 0.141 e. The Kier molecular flexibility index (Phi) is 4.58. The molecule has 0 unspecified atom stereocenters. The summed E-state index contributed by atoms with van der Waals surface area (Å²) in [4.78, 5) is 4.34. The van der Waals surface area contributed by atoms with Crippen LogP contribution in [-0.2, 0) is 6.61 Å². The van der Waals surface area contributed by atoms with Crippen molar-refractivity contribution in [2.75, 3.05) is 0 Å². The summed E-state index contributed by atoms with van der Waals surface area (Å²) in [7, 11) is 0. The third-order valence-electron chi connectivity index (χ3n) is 3.98. The molecule has 0 bridgehead atoms. The molecule has 118 valence electrons. The summed E-state index contributed by atoms with van der Waals surface area (Å²) < 4.78 is 5.97. The van der Waals surface area contributed by atoms with Gasteiger partial charge in [0.15, 0.2) is 0 Å². The van der Waals surface area contributed by atoms with Gasteiger partial charge in [0, 0.05) is 5.56 Å². The molecule has 0 fully saturated rings. The minimum atomic E-state index is 0.421. The summed E-state index contributed by atoms with van der Waals surface area (Å²) in [5, 5.41) is 8.98. The van der Waals surface area contributed by atoms with Gasteiger partial charge < -0.3 is 4.74 Å². The molecular weight excluding hydrogens is 296 g/mol. The molecular formula is C21H18N2O. The van der Waals surface area contributed by atoms with Gasteiger partial charge in [-0.3, -0.25) is 0 Å². The SMILES string of the molecule is Cc1ccccc1COc1ccc(-c2cccc(C#N)n2)cc1C. The van der Waals surface area contributed by atoms with Crippen LogP contribution in [0.5, 0.6) is 5.75 Å². The van der Waals surface area contributed by atoms with Crippen molar-refractivity contribution in [2.24, 2.45) is 0 Å². The lowest BCUT2D eigenvalue weighted by molar-refractivity contribution is 0.303. The molecule has 0 saturated heterocycles. The number of nitrogens with zero attached hydrogens (tertiary/aromatic N) is 2. The zero-order valence-corrected chi connectivity index (χ0v) is 13.8. The first-order valence-corrected chi connectivity index (χ1v) is 7.83. The lowest BCUT2D eigenvalue weighted by Gasteiger charge is -2.12. The molecule has 1 aromatic heterocycles. The van der Waals surface area contributed by atoms with E-state index >= 15 is 0 Å². The van der Waals surface area contributed by atoms with Crippen LogP contribution in [0.1, 0.15) is 22.4 Å². The Morgan fingerprint density at radius 1 is 0.958 bits per heavy atom. The van der Waals surface area contributed by atoms with E-state index in [1.807, 2.05) is 49.4 Å². The van der Waals surface area contributed by atoms with Crippen LogP contribution in [0.15, 0.2) is 60.7 Å². The first-order valence-electron chi connectivity index (χ1n) is 7.83. The van der Waals surface area contributed by atoms with Crippen LogP contribution in [0.2, 0.25) is 0 Å². The van der Waals surface area contributed by atoms with E-state index in [4.69, 9.17) is 10.00 Å². The summed E-state index contributed by atoms with van der Waals surface area (Å²) in [6.07, 6.45) is 0. The minimum Gasteiger partial charge on any atom is -0.489 e. The van der Waals surface area contributed by atoms with Gasteiger partial charge in [-0.25, -0.2) is 4.98 Å². The van der Waals surface area contributed by atoms with Crippen LogP contribution in [-0.4, -0.2) is 4.98 Å². The van der Waals surface area contributed by atoms with E-state index in [1.54, 1.807) is 6.07 Å². The molecule has 24 heavy (non-hydrogen) atoms. The first kappa shape index (κ1) is 15.8. The second-order valence-corrected chi connectivity index (χ2v) is 5.72. The van der Waals surface area contributed by atoms with E-state index in [2.05, 4.69) is 30.1 Å². The van der Waals surface area contributed by atoms with Crippen molar-refractivity contribution in [3.8, 4) is 23.1 Å². The Bertz CT molecular complexity index is 910. The number of pyridine rings is 1. The number of hydrogen-bond acceptors (Lipinski definition) is 3. The average molecular weight is 314 g/mol. The van der Waals surface area contributed by atoms with E-state index in [0.717, 1.165) is 22.6 Å². The third kappa shape index (κ3) is 3.44.